The highest BCUT2D eigenvalue weighted by Crippen LogP contribution is 2.29. The minimum Gasteiger partial charge on any atom is -0.384 e. The molecule has 0 spiro atoms. The maximum absolute atomic E-state index is 12.8. The highest BCUT2D eigenvalue weighted by Gasteiger charge is 2.42. The summed E-state index contributed by atoms with van der Waals surface area (Å²) in [5, 5.41) is 4.43. The highest BCUT2D eigenvalue weighted by atomic mass is 19.4. The lowest BCUT2D eigenvalue weighted by Crippen LogP contribution is -2.39. The molecule has 2 rings (SSSR count). The topological polar surface area (TPSA) is 64.2 Å². The predicted molar refractivity (Wildman–Crippen MR) is 95.4 cm³/mol. The Balaban J connectivity index is 2.44. The highest BCUT2D eigenvalue weighted by molar-refractivity contribution is 5.97. The molecule has 1 amide bonds. The number of rotatable bonds is 6. The van der Waals surface area contributed by atoms with Gasteiger partial charge in [-0.05, 0) is 37.0 Å². The van der Waals surface area contributed by atoms with Crippen LogP contribution in [0.4, 0.5) is 24.7 Å². The normalized spacial score (nSPS) is 11.6. The number of halogens is 3. The first-order valence-electron chi connectivity index (χ1n) is 8.51. The van der Waals surface area contributed by atoms with Crippen molar-refractivity contribution < 1.29 is 18.0 Å². The van der Waals surface area contributed by atoms with Gasteiger partial charge in [0, 0.05) is 18.8 Å². The van der Waals surface area contributed by atoms with Gasteiger partial charge in [-0.2, -0.15) is 18.3 Å². The maximum Gasteiger partial charge on any atom is 0.471 e. The molecular weight excluding hydrogens is 345 g/mol. The third-order valence-corrected chi connectivity index (χ3v) is 4.18. The monoisotopic (exact) mass is 368 g/mol. The zero-order valence-corrected chi connectivity index (χ0v) is 15.1. The zero-order valence-electron chi connectivity index (χ0n) is 15.1. The molecule has 1 heterocycles. The Morgan fingerprint density at radius 2 is 1.96 bits per heavy atom. The van der Waals surface area contributed by atoms with Gasteiger partial charge in [-0.3, -0.25) is 4.79 Å². The molecule has 0 aliphatic carbocycles. The van der Waals surface area contributed by atoms with Crippen LogP contribution in [-0.2, 0) is 17.6 Å². The number of hydrogen-bond donors (Lipinski definition) is 1. The summed E-state index contributed by atoms with van der Waals surface area (Å²) in [4.78, 5) is 12.2. The molecule has 0 fully saturated rings. The van der Waals surface area contributed by atoms with Crippen molar-refractivity contribution in [2.24, 2.45) is 0 Å². The number of aryl methyl sites for hydroxylation is 2. The van der Waals surface area contributed by atoms with Crippen LogP contribution in [0, 0.1) is 0 Å². The molecular formula is C18H23F3N4O. The number of carbonyl (C=O) groups excluding carboxylic acids is 1. The van der Waals surface area contributed by atoms with Crippen LogP contribution in [0.5, 0.6) is 0 Å². The lowest BCUT2D eigenvalue weighted by atomic mass is 10.1. The molecule has 0 aliphatic heterocycles. The summed E-state index contributed by atoms with van der Waals surface area (Å²) in [5.41, 5.74) is 8.17. The van der Waals surface area contributed by atoms with Crippen molar-refractivity contribution >= 4 is 17.4 Å². The van der Waals surface area contributed by atoms with Gasteiger partial charge in [0.25, 0.3) is 0 Å². The number of unbranched alkanes of at least 4 members (excludes halogenated alkanes) is 1. The van der Waals surface area contributed by atoms with Gasteiger partial charge in [-0.1, -0.05) is 26.3 Å². The summed E-state index contributed by atoms with van der Waals surface area (Å²) in [6, 6.07) is 6.70. The minimum absolute atomic E-state index is 0.192. The quantitative estimate of drug-likeness (QED) is 0.841. The molecule has 0 saturated carbocycles. The molecule has 0 radical (unpaired) electrons. The van der Waals surface area contributed by atoms with Gasteiger partial charge in [0.2, 0.25) is 0 Å². The molecule has 0 aliphatic rings. The van der Waals surface area contributed by atoms with Gasteiger partial charge >= 0.3 is 12.1 Å². The standard InChI is InChI=1S/C18H23F3N4O/c1-4-6-7-13-10-16(22)25(23-13)14-9-8-12(5-2)15(11-14)24(3)17(26)18(19,20)21/h8-11H,4-7,22H2,1-3H3. The van der Waals surface area contributed by atoms with E-state index in [-0.39, 0.29) is 5.69 Å². The second-order valence-corrected chi connectivity index (χ2v) is 6.10. The first-order chi connectivity index (χ1) is 12.2. The average molecular weight is 368 g/mol. The van der Waals surface area contributed by atoms with Crippen molar-refractivity contribution in [2.75, 3.05) is 17.7 Å². The fourth-order valence-corrected chi connectivity index (χ4v) is 2.73. The molecule has 1 aromatic heterocycles. The Hall–Kier alpha value is -2.51. The van der Waals surface area contributed by atoms with Crippen molar-refractivity contribution in [2.45, 2.75) is 45.7 Å². The molecule has 1 aromatic carbocycles. The van der Waals surface area contributed by atoms with Gasteiger partial charge in [0.15, 0.2) is 0 Å². The number of carbonyl (C=O) groups is 1. The maximum atomic E-state index is 12.8. The second kappa shape index (κ2) is 7.80. The number of benzene rings is 1. The van der Waals surface area contributed by atoms with Crippen LogP contribution in [-0.4, -0.2) is 28.9 Å². The number of aromatic nitrogens is 2. The first-order valence-corrected chi connectivity index (χ1v) is 8.51. The van der Waals surface area contributed by atoms with Gasteiger partial charge < -0.3 is 10.6 Å². The van der Waals surface area contributed by atoms with Crippen LogP contribution in [0.15, 0.2) is 24.3 Å². The Morgan fingerprint density at radius 3 is 2.54 bits per heavy atom. The molecule has 142 valence electrons. The van der Waals surface area contributed by atoms with E-state index in [4.69, 9.17) is 5.73 Å². The van der Waals surface area contributed by atoms with Crippen LogP contribution < -0.4 is 10.6 Å². The molecule has 8 heteroatoms. The van der Waals surface area contributed by atoms with Crippen LogP contribution in [0.1, 0.15) is 37.9 Å². The Bertz CT molecular complexity index is 783. The van der Waals surface area contributed by atoms with E-state index in [2.05, 4.69) is 12.0 Å². The Kier molecular flexibility index (Phi) is 5.94. The molecule has 0 unspecified atom stereocenters. The second-order valence-electron chi connectivity index (χ2n) is 6.10. The van der Waals surface area contributed by atoms with E-state index >= 15 is 0 Å². The van der Waals surface area contributed by atoms with Crippen LogP contribution in [0.3, 0.4) is 0 Å². The molecule has 0 saturated heterocycles. The van der Waals surface area contributed by atoms with E-state index in [1.165, 1.54) is 10.7 Å². The largest absolute Gasteiger partial charge is 0.471 e. The SMILES string of the molecule is CCCCc1cc(N)n(-c2ccc(CC)c(N(C)C(=O)C(F)(F)F)c2)n1. The minimum atomic E-state index is -4.94. The van der Waals surface area contributed by atoms with E-state index in [9.17, 15) is 18.0 Å². The lowest BCUT2D eigenvalue weighted by Gasteiger charge is -2.22. The van der Waals surface area contributed by atoms with Crippen molar-refractivity contribution in [3.8, 4) is 5.69 Å². The van der Waals surface area contributed by atoms with Crippen molar-refractivity contribution in [3.05, 3.63) is 35.5 Å². The molecule has 2 aromatic rings. The van der Waals surface area contributed by atoms with Gasteiger partial charge in [-0.25, -0.2) is 4.68 Å². The van der Waals surface area contributed by atoms with E-state index in [1.54, 1.807) is 18.2 Å². The summed E-state index contributed by atoms with van der Waals surface area (Å²) in [7, 11) is 1.12. The molecule has 2 N–H and O–H groups in total. The summed E-state index contributed by atoms with van der Waals surface area (Å²) >= 11 is 0. The molecule has 0 bridgehead atoms. The zero-order chi connectivity index (χ0) is 19.5. The van der Waals surface area contributed by atoms with Gasteiger partial charge in [-0.15, -0.1) is 0 Å². The number of nitrogens with two attached hydrogens (primary N) is 1. The van der Waals surface area contributed by atoms with E-state index < -0.39 is 12.1 Å². The fraction of sp³-hybridized carbons (Fsp3) is 0.444. The van der Waals surface area contributed by atoms with Crippen LogP contribution in [0.25, 0.3) is 5.69 Å². The van der Waals surface area contributed by atoms with E-state index in [0.29, 0.717) is 28.4 Å². The predicted octanol–water partition coefficient (Wildman–Crippen LogP) is 3.88. The van der Waals surface area contributed by atoms with Gasteiger partial charge in [0.05, 0.1) is 11.4 Å². The molecule has 26 heavy (non-hydrogen) atoms. The number of nitrogen functional groups attached to an aromatic ring is 1. The Labute approximate surface area is 150 Å². The first kappa shape index (κ1) is 19.8. The summed E-state index contributed by atoms with van der Waals surface area (Å²) < 4.78 is 39.9. The lowest BCUT2D eigenvalue weighted by molar-refractivity contribution is -0.170. The summed E-state index contributed by atoms with van der Waals surface area (Å²) in [6.07, 6.45) is -1.68. The van der Waals surface area contributed by atoms with Gasteiger partial charge in [0.1, 0.15) is 5.82 Å². The Morgan fingerprint density at radius 1 is 1.27 bits per heavy atom. The van der Waals surface area contributed by atoms with Crippen molar-refractivity contribution in [3.63, 3.8) is 0 Å². The average Bonchev–Trinajstić information content (AvgIpc) is 2.97. The number of hydrogen-bond acceptors (Lipinski definition) is 3. The van der Waals surface area contributed by atoms with Crippen LogP contribution >= 0.6 is 0 Å². The number of anilines is 2. The molecule has 0 atom stereocenters. The van der Waals surface area contributed by atoms with E-state index in [1.807, 2.05) is 6.92 Å². The van der Waals surface area contributed by atoms with E-state index in [0.717, 1.165) is 32.0 Å². The third kappa shape index (κ3) is 4.17. The number of amides is 1. The van der Waals surface area contributed by atoms with Crippen molar-refractivity contribution in [1.29, 1.82) is 0 Å². The van der Waals surface area contributed by atoms with Crippen LogP contribution in [0.2, 0.25) is 0 Å². The summed E-state index contributed by atoms with van der Waals surface area (Å²) in [6.45, 7) is 3.89. The number of nitrogens with zero attached hydrogens (tertiary/aromatic N) is 3. The smallest absolute Gasteiger partial charge is 0.384 e. The summed E-state index contributed by atoms with van der Waals surface area (Å²) in [5.74, 6) is -1.52. The van der Waals surface area contributed by atoms with Crippen molar-refractivity contribution in [1.82, 2.24) is 9.78 Å². The third-order valence-electron chi connectivity index (χ3n) is 4.18. The molecule has 5 nitrogen and oxygen atoms in total. The number of alkyl halides is 3. The fourth-order valence-electron chi connectivity index (χ4n) is 2.73.